The molecule has 0 saturated heterocycles. The third kappa shape index (κ3) is 8.01. The predicted octanol–water partition coefficient (Wildman–Crippen LogP) is 5.13. The fourth-order valence-electron chi connectivity index (χ4n) is 5.19. The van der Waals surface area contributed by atoms with Crippen LogP contribution in [0, 0.1) is 20.8 Å². The van der Waals surface area contributed by atoms with Gasteiger partial charge in [0.25, 0.3) is 0 Å². The van der Waals surface area contributed by atoms with Gasteiger partial charge in [0, 0.05) is 10.6 Å². The molecule has 6 rings (SSSR count). The van der Waals surface area contributed by atoms with Crippen molar-refractivity contribution in [3.05, 3.63) is 110 Å². The van der Waals surface area contributed by atoms with E-state index >= 15 is 0 Å². The number of carbonyl (C=O) groups is 4. The Morgan fingerprint density at radius 2 is 1.05 bits per heavy atom. The number of rotatable bonds is 9. The standard InChI is InChI=1S/C27H21N7O8.C8H7N3O3/c1-12-4-15(8-17(23(12)35)25(37)38)33-10-21(29-31-33)19-6-14(27(41)42-3)7-20(28-19)22-11-34(32-30-22)16-5-13(2)24(36)18(9-16)26(39)40;1-4-2-5(10-11-9)3-6(7(4)12)8(13)14/h4-11,35-36H,1-3H3,(H,37,38)(H,39,40);2-3,12H,1H3,(H,13,14). The molecular formula is C35H28N10O11. The highest BCUT2D eigenvalue weighted by Crippen LogP contribution is 2.30. The van der Waals surface area contributed by atoms with E-state index < -0.39 is 23.9 Å². The normalized spacial score (nSPS) is 10.5. The number of hydrogen-bond donors (Lipinski definition) is 6. The highest BCUT2D eigenvalue weighted by Gasteiger charge is 2.20. The van der Waals surface area contributed by atoms with Crippen LogP contribution in [-0.2, 0) is 4.74 Å². The van der Waals surface area contributed by atoms with Crippen molar-refractivity contribution < 1.29 is 54.6 Å². The number of aromatic carboxylic acids is 3. The second-order valence-electron chi connectivity index (χ2n) is 11.8. The number of azide groups is 1. The Labute approximate surface area is 313 Å². The lowest BCUT2D eigenvalue weighted by atomic mass is 10.1. The van der Waals surface area contributed by atoms with Gasteiger partial charge < -0.3 is 35.4 Å². The minimum atomic E-state index is -1.32. The first-order valence-corrected chi connectivity index (χ1v) is 15.7. The summed E-state index contributed by atoms with van der Waals surface area (Å²) in [6.45, 7) is 4.62. The third-order valence-corrected chi connectivity index (χ3v) is 7.99. The Kier molecular flexibility index (Phi) is 10.9. The average Bonchev–Trinajstić information content (AvgIpc) is 3.86. The summed E-state index contributed by atoms with van der Waals surface area (Å²) in [5.41, 5.74) is 10.0. The summed E-state index contributed by atoms with van der Waals surface area (Å²) in [5, 5.41) is 76.6. The Hall–Kier alpha value is -8.32. The zero-order valence-electron chi connectivity index (χ0n) is 29.5. The number of benzene rings is 3. The van der Waals surface area contributed by atoms with Gasteiger partial charge in [-0.2, -0.15) is 0 Å². The zero-order valence-corrected chi connectivity index (χ0v) is 29.5. The number of nitrogens with zero attached hydrogens (tertiary/aromatic N) is 10. The molecule has 3 aromatic carbocycles. The number of carboxylic acids is 3. The summed E-state index contributed by atoms with van der Waals surface area (Å²) in [5.74, 6) is -5.60. The van der Waals surface area contributed by atoms with Crippen LogP contribution in [-0.4, -0.2) is 96.6 Å². The van der Waals surface area contributed by atoms with Crippen LogP contribution in [0.15, 0.2) is 66.0 Å². The van der Waals surface area contributed by atoms with Gasteiger partial charge in [0.1, 0.15) is 45.3 Å². The molecule has 0 aliphatic carbocycles. The van der Waals surface area contributed by atoms with E-state index in [0.29, 0.717) is 28.1 Å². The molecular weight excluding hydrogens is 736 g/mol. The minimum absolute atomic E-state index is 0.115. The molecule has 0 unspecified atom stereocenters. The van der Waals surface area contributed by atoms with Gasteiger partial charge in [-0.15, -0.1) is 10.2 Å². The van der Waals surface area contributed by atoms with Crippen LogP contribution in [0.5, 0.6) is 17.2 Å². The number of hydrogen-bond acceptors (Lipinski definition) is 14. The van der Waals surface area contributed by atoms with Crippen LogP contribution < -0.4 is 0 Å². The molecule has 21 nitrogen and oxygen atoms in total. The molecule has 0 bridgehead atoms. The van der Waals surface area contributed by atoms with Gasteiger partial charge in [-0.3, -0.25) is 0 Å². The van der Waals surface area contributed by atoms with E-state index in [4.69, 9.17) is 15.4 Å². The molecule has 21 heteroatoms. The molecule has 0 aliphatic heterocycles. The maximum atomic E-state index is 12.5. The van der Waals surface area contributed by atoms with Crippen LogP contribution in [0.2, 0.25) is 0 Å². The monoisotopic (exact) mass is 764 g/mol. The van der Waals surface area contributed by atoms with E-state index in [1.165, 1.54) is 78.3 Å². The van der Waals surface area contributed by atoms with E-state index in [1.54, 1.807) is 13.8 Å². The lowest BCUT2D eigenvalue weighted by Crippen LogP contribution is -2.03. The van der Waals surface area contributed by atoms with Crippen LogP contribution in [0.1, 0.15) is 58.1 Å². The van der Waals surface area contributed by atoms with Gasteiger partial charge in [0.05, 0.1) is 47.8 Å². The number of phenols is 3. The summed E-state index contributed by atoms with van der Waals surface area (Å²) in [4.78, 5) is 53.3. The molecule has 6 N–H and O–H groups in total. The van der Waals surface area contributed by atoms with Crippen molar-refractivity contribution in [2.75, 3.05) is 7.11 Å². The number of aromatic nitrogens is 7. The first-order chi connectivity index (χ1) is 26.5. The number of pyridine rings is 1. The highest BCUT2D eigenvalue weighted by atomic mass is 16.5. The summed E-state index contributed by atoms with van der Waals surface area (Å²) in [7, 11) is 1.22. The number of esters is 1. The lowest BCUT2D eigenvalue weighted by Gasteiger charge is -2.08. The Balaban J connectivity index is 0.000000362. The first kappa shape index (κ1) is 38.9. The lowest BCUT2D eigenvalue weighted by molar-refractivity contribution is 0.0598. The maximum Gasteiger partial charge on any atom is 0.339 e. The molecule has 0 fully saturated rings. The van der Waals surface area contributed by atoms with Gasteiger partial charge in [-0.25, -0.2) is 33.5 Å². The number of aromatic hydroxyl groups is 3. The minimum Gasteiger partial charge on any atom is -0.507 e. The predicted molar refractivity (Wildman–Crippen MR) is 192 cm³/mol. The van der Waals surface area contributed by atoms with Crippen molar-refractivity contribution >= 4 is 29.6 Å². The average molecular weight is 765 g/mol. The van der Waals surface area contributed by atoms with E-state index in [-0.39, 0.29) is 68.0 Å². The fourth-order valence-corrected chi connectivity index (χ4v) is 5.19. The molecule has 0 aliphatic rings. The van der Waals surface area contributed by atoms with E-state index in [0.717, 1.165) is 6.07 Å². The number of methoxy groups -OCH3 is 1. The van der Waals surface area contributed by atoms with Gasteiger partial charge in [0.2, 0.25) is 0 Å². The SMILES string of the molecule is COC(=O)c1cc(-c2cn(-c3cc(C)c(O)c(C(=O)O)c3)nn2)nc(-c2cn(-c3cc(C)c(O)c(C(=O)O)c3)nn2)c1.Cc1cc(N=[N+]=[N-])cc(C(=O)O)c1O. The van der Waals surface area contributed by atoms with Crippen molar-refractivity contribution in [1.82, 2.24) is 35.0 Å². The van der Waals surface area contributed by atoms with Crippen molar-refractivity contribution in [1.29, 1.82) is 0 Å². The third-order valence-electron chi connectivity index (χ3n) is 7.99. The summed E-state index contributed by atoms with van der Waals surface area (Å²) in [6, 6.07) is 10.9. The van der Waals surface area contributed by atoms with E-state index in [1.807, 2.05) is 0 Å². The van der Waals surface area contributed by atoms with Crippen LogP contribution in [0.25, 0.3) is 44.6 Å². The second kappa shape index (κ2) is 15.7. The molecule has 3 aromatic heterocycles. The summed E-state index contributed by atoms with van der Waals surface area (Å²) >= 11 is 0. The topological polar surface area (TPSA) is 322 Å². The Morgan fingerprint density at radius 1 is 0.643 bits per heavy atom. The van der Waals surface area contributed by atoms with Crippen molar-refractivity contribution in [3.8, 4) is 51.4 Å². The molecule has 0 saturated carbocycles. The first-order valence-electron chi connectivity index (χ1n) is 15.7. The molecule has 284 valence electrons. The quantitative estimate of drug-likeness (QED) is 0.0481. The highest BCUT2D eigenvalue weighted by molar-refractivity contribution is 5.94. The molecule has 0 radical (unpaired) electrons. The van der Waals surface area contributed by atoms with Gasteiger partial charge in [-0.05, 0) is 91.5 Å². The molecule has 3 heterocycles. The smallest absolute Gasteiger partial charge is 0.339 e. The van der Waals surface area contributed by atoms with Crippen molar-refractivity contribution in [2.24, 2.45) is 5.11 Å². The van der Waals surface area contributed by atoms with Gasteiger partial charge >= 0.3 is 23.9 Å². The van der Waals surface area contributed by atoms with Crippen LogP contribution in [0.3, 0.4) is 0 Å². The number of ether oxygens (including phenoxy) is 1. The molecule has 0 atom stereocenters. The Morgan fingerprint density at radius 3 is 1.45 bits per heavy atom. The van der Waals surface area contributed by atoms with Crippen molar-refractivity contribution in [2.45, 2.75) is 20.8 Å². The second-order valence-corrected chi connectivity index (χ2v) is 11.8. The molecule has 0 spiro atoms. The van der Waals surface area contributed by atoms with E-state index in [9.17, 15) is 44.7 Å². The number of carboxylic acid groups (broad SMARTS) is 3. The fraction of sp³-hybridized carbons (Fsp3) is 0.114. The largest absolute Gasteiger partial charge is 0.507 e. The number of aryl methyl sites for hydroxylation is 3. The van der Waals surface area contributed by atoms with Crippen molar-refractivity contribution in [3.63, 3.8) is 0 Å². The maximum absolute atomic E-state index is 12.5. The van der Waals surface area contributed by atoms with E-state index in [2.05, 4.69) is 35.6 Å². The van der Waals surface area contributed by atoms with Gasteiger partial charge in [0.15, 0.2) is 0 Å². The Bertz CT molecular complexity index is 2500. The number of carbonyl (C=O) groups excluding carboxylic acids is 1. The van der Waals surface area contributed by atoms with Crippen LogP contribution >= 0.6 is 0 Å². The van der Waals surface area contributed by atoms with Crippen LogP contribution in [0.4, 0.5) is 5.69 Å². The zero-order chi connectivity index (χ0) is 41.0. The summed E-state index contributed by atoms with van der Waals surface area (Å²) < 4.78 is 7.47. The molecule has 0 amide bonds. The molecule has 6 aromatic rings. The summed E-state index contributed by atoms with van der Waals surface area (Å²) in [6.07, 6.45) is 2.93. The molecule has 56 heavy (non-hydrogen) atoms. The van der Waals surface area contributed by atoms with Gasteiger partial charge in [-0.1, -0.05) is 15.5 Å².